The molecule has 0 radical (unpaired) electrons. The molecule has 0 spiro atoms. The van der Waals surface area contributed by atoms with E-state index in [1.165, 1.54) is 11.1 Å². The molecule has 26 heavy (non-hydrogen) atoms. The Hall–Kier alpha value is -2.57. The fraction of sp³-hybridized carbons (Fsp3) is 0.526. The molecule has 0 unspecified atom stereocenters. The van der Waals surface area contributed by atoms with E-state index in [-0.39, 0.29) is 24.1 Å². The minimum Gasteiger partial charge on any atom is -0.463 e. The smallest absolute Gasteiger partial charge is 0.291 e. The van der Waals surface area contributed by atoms with Gasteiger partial charge in [-0.25, -0.2) is 4.68 Å². The van der Waals surface area contributed by atoms with Gasteiger partial charge in [-0.2, -0.15) is 5.10 Å². The summed E-state index contributed by atoms with van der Waals surface area (Å²) < 4.78 is 8.51. The summed E-state index contributed by atoms with van der Waals surface area (Å²) in [6.07, 6.45) is 6.75. The van der Waals surface area contributed by atoms with E-state index < -0.39 is 0 Å². The summed E-state index contributed by atoms with van der Waals surface area (Å²) in [6, 6.07) is 3.73. The van der Waals surface area contributed by atoms with Crippen LogP contribution in [-0.2, 0) is 17.8 Å². The lowest BCUT2D eigenvalue weighted by Gasteiger charge is -2.29. The first-order chi connectivity index (χ1) is 12.6. The molecule has 7 heteroatoms. The minimum absolute atomic E-state index is 0.0574. The average molecular weight is 356 g/mol. The third-order valence-electron chi connectivity index (χ3n) is 5.44. The first kappa shape index (κ1) is 16.9. The second-order valence-corrected chi connectivity index (χ2v) is 7.20. The molecule has 138 valence electrons. The van der Waals surface area contributed by atoms with E-state index in [0.29, 0.717) is 23.4 Å². The van der Waals surface area contributed by atoms with Gasteiger partial charge in [-0.3, -0.25) is 14.0 Å². The Kier molecular flexibility index (Phi) is 4.30. The maximum Gasteiger partial charge on any atom is 0.291 e. The highest BCUT2D eigenvalue weighted by molar-refractivity contribution is 5.82. The first-order valence-corrected chi connectivity index (χ1v) is 9.36. The normalized spacial score (nSPS) is 20.7. The number of amides is 1. The molecule has 1 N–H and O–H groups in total. The lowest BCUT2D eigenvalue weighted by molar-refractivity contribution is -0.123. The molecule has 4 rings (SSSR count). The van der Waals surface area contributed by atoms with Gasteiger partial charge in [0.15, 0.2) is 5.58 Å². The summed E-state index contributed by atoms with van der Waals surface area (Å²) in [6.45, 7) is 4.09. The molecule has 2 atom stereocenters. The Bertz CT molecular complexity index is 1010. The number of nitrogens with one attached hydrogen (secondary N) is 1. The molecule has 0 aromatic carbocycles. The molecule has 7 nitrogen and oxygen atoms in total. The Morgan fingerprint density at radius 3 is 2.92 bits per heavy atom. The van der Waals surface area contributed by atoms with Gasteiger partial charge < -0.3 is 9.73 Å². The predicted molar refractivity (Wildman–Crippen MR) is 98.2 cm³/mol. The highest BCUT2D eigenvalue weighted by Gasteiger charge is 2.23. The van der Waals surface area contributed by atoms with Crippen LogP contribution in [0.1, 0.15) is 45.4 Å². The van der Waals surface area contributed by atoms with Crippen molar-refractivity contribution < 1.29 is 9.21 Å². The van der Waals surface area contributed by atoms with Crippen LogP contribution in [0.5, 0.6) is 0 Å². The van der Waals surface area contributed by atoms with Crippen LogP contribution in [0, 0.1) is 5.92 Å². The molecular formula is C19H24N4O3. The fourth-order valence-electron chi connectivity index (χ4n) is 3.98. The van der Waals surface area contributed by atoms with Gasteiger partial charge in [-0.15, -0.1) is 0 Å². The summed E-state index contributed by atoms with van der Waals surface area (Å²) in [4.78, 5) is 25.3. The van der Waals surface area contributed by atoms with Crippen molar-refractivity contribution in [1.82, 2.24) is 19.5 Å². The number of aromatic nitrogens is 3. The van der Waals surface area contributed by atoms with Crippen LogP contribution in [0.25, 0.3) is 16.6 Å². The highest BCUT2D eigenvalue weighted by Crippen LogP contribution is 2.24. The van der Waals surface area contributed by atoms with E-state index in [9.17, 15) is 9.59 Å². The van der Waals surface area contributed by atoms with E-state index >= 15 is 0 Å². The monoisotopic (exact) mass is 356 g/mol. The summed E-state index contributed by atoms with van der Waals surface area (Å²) in [5.41, 5.74) is 1.69. The first-order valence-electron chi connectivity index (χ1n) is 9.36. The van der Waals surface area contributed by atoms with Crippen molar-refractivity contribution in [2.24, 2.45) is 5.92 Å². The molecule has 0 saturated heterocycles. The average Bonchev–Trinajstić information content (AvgIpc) is 3.21. The maximum atomic E-state index is 12.8. The molecule has 1 aliphatic carbocycles. The molecule has 1 amide bonds. The van der Waals surface area contributed by atoms with Gasteiger partial charge in [-0.1, -0.05) is 26.7 Å². The number of carbonyl (C=O) groups is 1. The van der Waals surface area contributed by atoms with Crippen molar-refractivity contribution in [3.63, 3.8) is 0 Å². The second kappa shape index (κ2) is 6.63. The van der Waals surface area contributed by atoms with Crippen molar-refractivity contribution in [2.45, 2.75) is 58.5 Å². The van der Waals surface area contributed by atoms with Gasteiger partial charge >= 0.3 is 0 Å². The third-order valence-corrected chi connectivity index (χ3v) is 5.44. The molecule has 1 saturated carbocycles. The van der Waals surface area contributed by atoms with Crippen LogP contribution in [0.4, 0.5) is 0 Å². The largest absolute Gasteiger partial charge is 0.463 e. The number of fused-ring (bicyclic) bond motifs is 3. The quantitative estimate of drug-likeness (QED) is 0.779. The van der Waals surface area contributed by atoms with E-state index in [0.717, 1.165) is 30.6 Å². The van der Waals surface area contributed by atoms with Crippen LogP contribution in [0.15, 0.2) is 27.6 Å². The topological polar surface area (TPSA) is 81.5 Å². The van der Waals surface area contributed by atoms with Crippen LogP contribution in [0.2, 0.25) is 0 Å². The summed E-state index contributed by atoms with van der Waals surface area (Å²) >= 11 is 0. The molecule has 3 heterocycles. The van der Waals surface area contributed by atoms with Crippen LogP contribution in [-0.4, -0.2) is 26.1 Å². The molecule has 3 aromatic heterocycles. The molecular weight excluding hydrogens is 332 g/mol. The van der Waals surface area contributed by atoms with Crippen molar-refractivity contribution in [3.05, 3.63) is 34.6 Å². The molecule has 1 aliphatic rings. The number of nitrogens with zero attached hydrogens (tertiary/aromatic N) is 3. The van der Waals surface area contributed by atoms with Gasteiger partial charge in [-0.05, 0) is 18.8 Å². The van der Waals surface area contributed by atoms with E-state index in [1.54, 1.807) is 12.3 Å². The van der Waals surface area contributed by atoms with Gasteiger partial charge in [0.05, 0.1) is 11.8 Å². The van der Waals surface area contributed by atoms with Crippen molar-refractivity contribution in [1.29, 1.82) is 0 Å². The molecule has 0 bridgehead atoms. The minimum atomic E-state index is -0.277. The second-order valence-electron chi connectivity index (χ2n) is 7.20. The lowest BCUT2D eigenvalue weighted by atomic mass is 9.86. The van der Waals surface area contributed by atoms with Crippen LogP contribution < -0.4 is 10.9 Å². The van der Waals surface area contributed by atoms with Gasteiger partial charge in [0.25, 0.3) is 5.56 Å². The molecule has 3 aromatic rings. The maximum absolute atomic E-state index is 12.8. The summed E-state index contributed by atoms with van der Waals surface area (Å²) in [5.74, 6) is 1.05. The number of hydrogen-bond donors (Lipinski definition) is 1. The van der Waals surface area contributed by atoms with Crippen LogP contribution in [0.3, 0.4) is 0 Å². The van der Waals surface area contributed by atoms with Crippen molar-refractivity contribution in [2.75, 3.05) is 0 Å². The highest BCUT2D eigenvalue weighted by atomic mass is 16.3. The summed E-state index contributed by atoms with van der Waals surface area (Å²) in [7, 11) is 0. The predicted octanol–water partition coefficient (Wildman–Crippen LogP) is 2.50. The molecule has 0 aliphatic heterocycles. The summed E-state index contributed by atoms with van der Waals surface area (Å²) in [5, 5.41) is 7.53. The standard InChI is InChI=1S/C19H24N4O3/c1-3-17-21-22(11-18(24)20-13-7-5-4-6-12(13)2)19(25)15-10-16-14(23(15)17)8-9-26-16/h8-10,12-13H,3-7,11H2,1-2H3,(H,20,24)/t12-,13-/m1/s1. The zero-order valence-corrected chi connectivity index (χ0v) is 15.2. The fourth-order valence-corrected chi connectivity index (χ4v) is 3.98. The van der Waals surface area contributed by atoms with Gasteiger partial charge in [0.1, 0.15) is 17.9 Å². The van der Waals surface area contributed by atoms with Crippen molar-refractivity contribution >= 4 is 22.5 Å². The molecule has 1 fully saturated rings. The Labute approximate surface area is 151 Å². The Morgan fingerprint density at radius 1 is 1.35 bits per heavy atom. The van der Waals surface area contributed by atoms with Gasteiger partial charge in [0, 0.05) is 24.6 Å². The number of carbonyl (C=O) groups excluding carboxylic acids is 1. The Balaban J connectivity index is 1.65. The van der Waals surface area contributed by atoms with Gasteiger partial charge in [0.2, 0.25) is 5.91 Å². The lowest BCUT2D eigenvalue weighted by Crippen LogP contribution is -2.44. The Morgan fingerprint density at radius 2 is 2.15 bits per heavy atom. The third kappa shape index (κ3) is 2.81. The van der Waals surface area contributed by atoms with E-state index in [4.69, 9.17) is 4.42 Å². The number of furan rings is 1. The number of aryl methyl sites for hydroxylation is 1. The zero-order chi connectivity index (χ0) is 18.3. The van der Waals surface area contributed by atoms with Crippen LogP contribution >= 0.6 is 0 Å². The number of hydrogen-bond acceptors (Lipinski definition) is 4. The van der Waals surface area contributed by atoms with Crippen molar-refractivity contribution in [3.8, 4) is 0 Å². The van der Waals surface area contributed by atoms with E-state index in [1.807, 2.05) is 17.4 Å². The number of rotatable bonds is 4. The SMILES string of the molecule is CCc1nn(CC(=O)N[C@@H]2CCCC[C@H]2C)c(=O)c2cc3occc3n12. The zero-order valence-electron chi connectivity index (χ0n) is 15.2. The van der Waals surface area contributed by atoms with E-state index in [2.05, 4.69) is 17.3 Å².